The summed E-state index contributed by atoms with van der Waals surface area (Å²) in [6, 6.07) is 0. The number of sulfonamides is 1. The van der Waals surface area contributed by atoms with Crippen LogP contribution in [0.1, 0.15) is 26.2 Å². The standard InChI is InChI=1S/C16H27F3N6O2S/c1-2-21-15(22-6-3-8-24-11-7-20-13-24)23-12-14-4-9-25(10-5-14)28(26,27)16(17,18)19/h7,11,13-14H,2-6,8-10,12H2,1H3,(H2,21,22,23). The fourth-order valence-electron chi connectivity index (χ4n) is 2.93. The largest absolute Gasteiger partial charge is 0.511 e. The Hall–Kier alpha value is -1.82. The number of aryl methyl sites for hydroxylation is 1. The number of aliphatic imine (C=N–C) groups is 1. The second-order valence-electron chi connectivity index (χ2n) is 6.59. The molecule has 1 fully saturated rings. The molecule has 28 heavy (non-hydrogen) atoms. The van der Waals surface area contributed by atoms with Gasteiger partial charge in [-0.15, -0.1) is 0 Å². The molecule has 0 aromatic carbocycles. The molecule has 1 aliphatic rings. The molecule has 1 aliphatic heterocycles. The molecule has 0 amide bonds. The van der Waals surface area contributed by atoms with E-state index in [1.165, 1.54) is 0 Å². The first-order valence-electron chi connectivity index (χ1n) is 9.28. The third-order valence-corrected chi connectivity index (χ3v) is 6.13. The van der Waals surface area contributed by atoms with E-state index in [2.05, 4.69) is 20.6 Å². The third kappa shape index (κ3) is 6.36. The maximum Gasteiger partial charge on any atom is 0.511 e. The second kappa shape index (κ2) is 10.1. The first-order valence-corrected chi connectivity index (χ1v) is 10.7. The lowest BCUT2D eigenvalue weighted by Crippen LogP contribution is -2.45. The Kier molecular flexibility index (Phi) is 8.10. The highest BCUT2D eigenvalue weighted by Crippen LogP contribution is 2.30. The van der Waals surface area contributed by atoms with Crippen LogP contribution in [-0.4, -0.2) is 66.5 Å². The van der Waals surface area contributed by atoms with Gasteiger partial charge in [0.2, 0.25) is 0 Å². The molecule has 2 N–H and O–H groups in total. The van der Waals surface area contributed by atoms with Gasteiger partial charge in [-0.2, -0.15) is 17.5 Å². The van der Waals surface area contributed by atoms with E-state index in [1.54, 1.807) is 12.5 Å². The van der Waals surface area contributed by atoms with Crippen LogP contribution in [0.15, 0.2) is 23.7 Å². The number of hydrogen-bond acceptors (Lipinski definition) is 4. The number of rotatable bonds is 8. The molecular weight excluding hydrogens is 397 g/mol. The zero-order valence-electron chi connectivity index (χ0n) is 15.8. The molecule has 8 nitrogen and oxygen atoms in total. The van der Waals surface area contributed by atoms with Gasteiger partial charge in [-0.1, -0.05) is 0 Å². The lowest BCUT2D eigenvalue weighted by molar-refractivity contribution is -0.0496. The van der Waals surface area contributed by atoms with Crippen LogP contribution in [0.3, 0.4) is 0 Å². The van der Waals surface area contributed by atoms with E-state index in [1.807, 2.05) is 17.7 Å². The summed E-state index contributed by atoms with van der Waals surface area (Å²) in [5.74, 6) is 0.708. The fourth-order valence-corrected chi connectivity index (χ4v) is 3.91. The number of guanidine groups is 1. The summed E-state index contributed by atoms with van der Waals surface area (Å²) in [6.45, 7) is 4.37. The first kappa shape index (κ1) is 22.5. The normalized spacial score (nSPS) is 17.6. The van der Waals surface area contributed by atoms with E-state index < -0.39 is 15.5 Å². The lowest BCUT2D eigenvalue weighted by Gasteiger charge is -2.30. The smallest absolute Gasteiger partial charge is 0.357 e. The van der Waals surface area contributed by atoms with Gasteiger partial charge in [0.05, 0.1) is 6.33 Å². The number of imidazole rings is 1. The van der Waals surface area contributed by atoms with Gasteiger partial charge < -0.3 is 15.2 Å². The lowest BCUT2D eigenvalue weighted by atomic mass is 9.98. The monoisotopic (exact) mass is 424 g/mol. The summed E-state index contributed by atoms with van der Waals surface area (Å²) in [5, 5.41) is 6.36. The van der Waals surface area contributed by atoms with E-state index in [4.69, 9.17) is 0 Å². The van der Waals surface area contributed by atoms with Gasteiger partial charge in [0.1, 0.15) is 0 Å². The van der Waals surface area contributed by atoms with Crippen molar-refractivity contribution in [2.45, 2.75) is 38.2 Å². The van der Waals surface area contributed by atoms with Crippen LogP contribution in [-0.2, 0) is 16.6 Å². The Morgan fingerprint density at radius 2 is 2.00 bits per heavy atom. The van der Waals surface area contributed by atoms with Gasteiger partial charge >= 0.3 is 15.5 Å². The quantitative estimate of drug-likeness (QED) is 0.374. The van der Waals surface area contributed by atoms with Crippen molar-refractivity contribution in [3.05, 3.63) is 18.7 Å². The molecule has 0 aliphatic carbocycles. The Labute approximate surface area is 163 Å². The van der Waals surface area contributed by atoms with E-state index in [0.29, 0.717) is 42.7 Å². The third-order valence-electron chi connectivity index (χ3n) is 4.50. The maximum absolute atomic E-state index is 12.6. The van der Waals surface area contributed by atoms with Crippen LogP contribution in [0.25, 0.3) is 0 Å². The van der Waals surface area contributed by atoms with Crippen LogP contribution >= 0.6 is 0 Å². The number of nitrogens with zero attached hydrogens (tertiary/aromatic N) is 4. The van der Waals surface area contributed by atoms with Crippen molar-refractivity contribution in [3.63, 3.8) is 0 Å². The predicted octanol–water partition coefficient (Wildman–Crippen LogP) is 1.39. The second-order valence-corrected chi connectivity index (χ2v) is 8.52. The van der Waals surface area contributed by atoms with E-state index in [0.717, 1.165) is 13.0 Å². The van der Waals surface area contributed by atoms with Gasteiger partial charge in [0.25, 0.3) is 0 Å². The summed E-state index contributed by atoms with van der Waals surface area (Å²) in [5.41, 5.74) is -5.24. The van der Waals surface area contributed by atoms with Crippen molar-refractivity contribution < 1.29 is 21.6 Å². The molecule has 0 radical (unpaired) electrons. The van der Waals surface area contributed by atoms with Gasteiger partial charge in [-0.05, 0) is 32.1 Å². The number of alkyl halides is 3. The van der Waals surface area contributed by atoms with Crippen molar-refractivity contribution in [3.8, 4) is 0 Å². The molecule has 2 heterocycles. The van der Waals surface area contributed by atoms with E-state index >= 15 is 0 Å². The molecule has 160 valence electrons. The minimum absolute atomic E-state index is 0.0566. The molecule has 2 rings (SSSR count). The highest BCUT2D eigenvalue weighted by Gasteiger charge is 2.50. The predicted molar refractivity (Wildman–Crippen MR) is 100 cm³/mol. The minimum atomic E-state index is -5.24. The summed E-state index contributed by atoms with van der Waals surface area (Å²) < 4.78 is 63.2. The Morgan fingerprint density at radius 3 is 2.57 bits per heavy atom. The summed E-state index contributed by atoms with van der Waals surface area (Å²) >= 11 is 0. The maximum atomic E-state index is 12.6. The van der Waals surface area contributed by atoms with Crippen molar-refractivity contribution >= 4 is 16.0 Å². The van der Waals surface area contributed by atoms with Gasteiger partial charge in [-0.3, -0.25) is 4.99 Å². The van der Waals surface area contributed by atoms with Gasteiger partial charge in [0, 0.05) is 51.7 Å². The van der Waals surface area contributed by atoms with Gasteiger partial charge in [0.15, 0.2) is 5.96 Å². The van der Waals surface area contributed by atoms with E-state index in [-0.39, 0.29) is 19.0 Å². The zero-order chi connectivity index (χ0) is 20.6. The van der Waals surface area contributed by atoms with Crippen LogP contribution in [0.2, 0.25) is 0 Å². The number of nitrogens with one attached hydrogen (secondary N) is 2. The molecule has 1 aromatic heterocycles. The van der Waals surface area contributed by atoms with Crippen molar-refractivity contribution in [1.29, 1.82) is 0 Å². The summed E-state index contributed by atoms with van der Waals surface area (Å²) in [6.07, 6.45) is 6.98. The molecule has 12 heteroatoms. The number of piperidine rings is 1. The SMILES string of the molecule is CCNC(=NCC1CCN(S(=O)(=O)C(F)(F)F)CC1)NCCCn1ccnc1. The molecule has 0 unspecified atom stereocenters. The highest BCUT2D eigenvalue weighted by atomic mass is 32.2. The van der Waals surface area contributed by atoms with Crippen LogP contribution in [0, 0.1) is 5.92 Å². The first-order chi connectivity index (χ1) is 13.2. The molecule has 0 saturated carbocycles. The Morgan fingerprint density at radius 1 is 1.29 bits per heavy atom. The van der Waals surface area contributed by atoms with Gasteiger partial charge in [-0.25, -0.2) is 13.4 Å². The topological polar surface area (TPSA) is 91.6 Å². The highest BCUT2D eigenvalue weighted by molar-refractivity contribution is 7.90. The zero-order valence-corrected chi connectivity index (χ0v) is 16.6. The molecule has 1 aromatic rings. The van der Waals surface area contributed by atoms with Crippen LogP contribution < -0.4 is 10.6 Å². The van der Waals surface area contributed by atoms with Crippen molar-refractivity contribution in [2.24, 2.45) is 10.9 Å². The van der Waals surface area contributed by atoms with Crippen molar-refractivity contribution in [2.75, 3.05) is 32.7 Å². The molecular formula is C16H27F3N6O2S. The van der Waals surface area contributed by atoms with E-state index in [9.17, 15) is 21.6 Å². The molecule has 1 saturated heterocycles. The summed E-state index contributed by atoms with van der Waals surface area (Å²) in [4.78, 5) is 8.48. The average Bonchev–Trinajstić information content (AvgIpc) is 3.16. The molecule has 0 atom stereocenters. The minimum Gasteiger partial charge on any atom is -0.357 e. The number of aromatic nitrogens is 2. The Balaban J connectivity index is 1.77. The fraction of sp³-hybridized carbons (Fsp3) is 0.750. The van der Waals surface area contributed by atoms with Crippen LogP contribution in [0.5, 0.6) is 0 Å². The summed E-state index contributed by atoms with van der Waals surface area (Å²) in [7, 11) is -5.23. The number of hydrogen-bond donors (Lipinski definition) is 2. The molecule has 0 bridgehead atoms. The number of halogens is 3. The van der Waals surface area contributed by atoms with Crippen molar-refractivity contribution in [1.82, 2.24) is 24.5 Å². The molecule has 0 spiro atoms. The Bertz CT molecular complexity index is 713. The van der Waals surface area contributed by atoms with Crippen LogP contribution in [0.4, 0.5) is 13.2 Å². The average molecular weight is 424 g/mol.